The molecule has 0 N–H and O–H groups in total. The number of carbonyl (C=O) groups excluding carboxylic acids is 1. The largest absolute Gasteiger partial charge is 0.493 e. The molecular weight excluding hydrogens is 292 g/mol. The first-order valence-electron chi connectivity index (χ1n) is 6.26. The van der Waals surface area contributed by atoms with E-state index in [-0.39, 0.29) is 0 Å². The summed E-state index contributed by atoms with van der Waals surface area (Å²) in [5.41, 5.74) is 1.38. The quantitative estimate of drug-likeness (QED) is 0.762. The number of hydrogen-bond acceptors (Lipinski definition) is 4. The minimum atomic E-state index is 0.313. The zero-order chi connectivity index (χ0) is 15.2. The number of rotatable bonds is 6. The number of methoxy groups -OCH3 is 2. The summed E-state index contributed by atoms with van der Waals surface area (Å²) >= 11 is 5.94. The van der Waals surface area contributed by atoms with Gasteiger partial charge in [-0.2, -0.15) is 0 Å². The Bertz CT molecular complexity index is 615. The van der Waals surface area contributed by atoms with Gasteiger partial charge in [-0.3, -0.25) is 4.79 Å². The minimum absolute atomic E-state index is 0.313. The summed E-state index contributed by atoms with van der Waals surface area (Å²) in [6.07, 6.45) is 0.728. The Morgan fingerprint density at radius 1 is 1.10 bits per heavy atom. The molecule has 5 heteroatoms. The Kier molecular flexibility index (Phi) is 5.06. The maximum atomic E-state index is 10.9. The lowest BCUT2D eigenvalue weighted by Gasteiger charge is -2.15. The molecule has 0 fully saturated rings. The van der Waals surface area contributed by atoms with E-state index in [0.29, 0.717) is 34.4 Å². The van der Waals surface area contributed by atoms with Gasteiger partial charge >= 0.3 is 0 Å². The molecule has 0 bridgehead atoms. The summed E-state index contributed by atoms with van der Waals surface area (Å²) in [5.74, 6) is 1.34. The van der Waals surface area contributed by atoms with E-state index < -0.39 is 0 Å². The van der Waals surface area contributed by atoms with Crippen molar-refractivity contribution in [2.24, 2.45) is 0 Å². The predicted octanol–water partition coefficient (Wildman–Crippen LogP) is 3.75. The number of ether oxygens (including phenoxy) is 3. The van der Waals surface area contributed by atoms with E-state index in [1.807, 2.05) is 18.2 Å². The highest BCUT2D eigenvalue weighted by Crippen LogP contribution is 2.38. The first kappa shape index (κ1) is 15.2. The van der Waals surface area contributed by atoms with Crippen LogP contribution in [-0.2, 0) is 6.61 Å². The standard InChI is InChI=1S/C16H15ClO4/c1-19-14-7-12(9-18)8-15(20-2)16(14)21-10-11-4-3-5-13(17)6-11/h3-9H,10H2,1-2H3. The number of halogens is 1. The van der Waals surface area contributed by atoms with E-state index in [2.05, 4.69) is 0 Å². The number of aldehydes is 1. The maximum Gasteiger partial charge on any atom is 0.203 e. The SMILES string of the molecule is COc1cc(C=O)cc(OC)c1OCc1cccc(Cl)c1. The normalized spacial score (nSPS) is 10.0. The second-order valence-electron chi connectivity index (χ2n) is 4.29. The van der Waals surface area contributed by atoms with E-state index >= 15 is 0 Å². The molecule has 2 aromatic rings. The van der Waals surface area contributed by atoms with Crippen LogP contribution in [0.5, 0.6) is 17.2 Å². The molecule has 2 rings (SSSR count). The molecule has 0 unspecified atom stereocenters. The Morgan fingerprint density at radius 2 is 1.76 bits per heavy atom. The summed E-state index contributed by atoms with van der Waals surface area (Å²) in [5, 5.41) is 0.645. The summed E-state index contributed by atoms with van der Waals surface area (Å²) in [4.78, 5) is 10.9. The molecule has 0 aliphatic rings. The molecule has 21 heavy (non-hydrogen) atoms. The molecule has 0 heterocycles. The third-order valence-electron chi connectivity index (χ3n) is 2.89. The molecule has 0 saturated carbocycles. The zero-order valence-corrected chi connectivity index (χ0v) is 12.5. The van der Waals surface area contributed by atoms with Crippen molar-refractivity contribution in [2.75, 3.05) is 14.2 Å². The molecule has 2 aromatic carbocycles. The molecule has 0 amide bonds. The molecule has 0 atom stereocenters. The van der Waals surface area contributed by atoms with Gasteiger partial charge in [0.25, 0.3) is 0 Å². The summed E-state index contributed by atoms with van der Waals surface area (Å²) in [7, 11) is 3.02. The highest BCUT2D eigenvalue weighted by atomic mass is 35.5. The van der Waals surface area contributed by atoms with Crippen molar-refractivity contribution >= 4 is 17.9 Å². The Morgan fingerprint density at radius 3 is 2.29 bits per heavy atom. The van der Waals surface area contributed by atoms with Crippen LogP contribution < -0.4 is 14.2 Å². The van der Waals surface area contributed by atoms with Gasteiger partial charge < -0.3 is 14.2 Å². The van der Waals surface area contributed by atoms with Gasteiger partial charge in [0.2, 0.25) is 5.75 Å². The van der Waals surface area contributed by atoms with Crippen molar-refractivity contribution in [2.45, 2.75) is 6.61 Å². The van der Waals surface area contributed by atoms with E-state index in [0.717, 1.165) is 11.8 Å². The van der Waals surface area contributed by atoms with E-state index in [1.54, 1.807) is 18.2 Å². The highest BCUT2D eigenvalue weighted by molar-refractivity contribution is 6.30. The fourth-order valence-electron chi connectivity index (χ4n) is 1.89. The molecular formula is C16H15ClO4. The third-order valence-corrected chi connectivity index (χ3v) is 3.13. The fourth-order valence-corrected chi connectivity index (χ4v) is 2.11. The molecule has 0 aromatic heterocycles. The molecule has 0 aliphatic carbocycles. The van der Waals surface area contributed by atoms with Gasteiger partial charge in [-0.1, -0.05) is 23.7 Å². The molecule has 110 valence electrons. The molecule has 0 saturated heterocycles. The first-order chi connectivity index (χ1) is 10.2. The molecule has 0 aliphatic heterocycles. The van der Waals surface area contributed by atoms with Crippen molar-refractivity contribution in [3.8, 4) is 17.2 Å². The Balaban J connectivity index is 2.28. The van der Waals surface area contributed by atoms with E-state index in [4.69, 9.17) is 25.8 Å². The van der Waals surface area contributed by atoms with Crippen molar-refractivity contribution in [1.82, 2.24) is 0 Å². The van der Waals surface area contributed by atoms with Crippen LogP contribution in [0, 0.1) is 0 Å². The molecule has 4 nitrogen and oxygen atoms in total. The smallest absolute Gasteiger partial charge is 0.203 e. The average Bonchev–Trinajstić information content (AvgIpc) is 2.52. The van der Waals surface area contributed by atoms with Gasteiger partial charge in [-0.25, -0.2) is 0 Å². The fraction of sp³-hybridized carbons (Fsp3) is 0.188. The second kappa shape index (κ2) is 6.99. The summed E-state index contributed by atoms with van der Waals surface area (Å²) < 4.78 is 16.3. The topological polar surface area (TPSA) is 44.8 Å². The summed E-state index contributed by atoms with van der Waals surface area (Å²) in [6, 6.07) is 10.6. The van der Waals surface area contributed by atoms with Crippen molar-refractivity contribution in [3.05, 3.63) is 52.5 Å². The number of carbonyl (C=O) groups is 1. The van der Waals surface area contributed by atoms with Crippen LogP contribution in [0.15, 0.2) is 36.4 Å². The third kappa shape index (κ3) is 3.67. The van der Waals surface area contributed by atoms with Crippen molar-refractivity contribution in [1.29, 1.82) is 0 Å². The van der Waals surface area contributed by atoms with Gasteiger partial charge in [0.05, 0.1) is 14.2 Å². The lowest BCUT2D eigenvalue weighted by molar-refractivity contribution is 0.112. The Labute approximate surface area is 128 Å². The van der Waals surface area contributed by atoms with Gasteiger partial charge in [0, 0.05) is 10.6 Å². The van der Waals surface area contributed by atoms with Crippen LogP contribution in [0.1, 0.15) is 15.9 Å². The van der Waals surface area contributed by atoms with Crippen LogP contribution in [0.25, 0.3) is 0 Å². The average molecular weight is 307 g/mol. The highest BCUT2D eigenvalue weighted by Gasteiger charge is 2.14. The molecule has 0 radical (unpaired) electrons. The number of benzene rings is 2. The van der Waals surface area contributed by atoms with Crippen LogP contribution in [0.3, 0.4) is 0 Å². The summed E-state index contributed by atoms with van der Waals surface area (Å²) in [6.45, 7) is 0.313. The Hall–Kier alpha value is -2.20. The predicted molar refractivity (Wildman–Crippen MR) is 80.7 cm³/mol. The van der Waals surface area contributed by atoms with Gasteiger partial charge in [0.15, 0.2) is 11.5 Å². The van der Waals surface area contributed by atoms with Crippen LogP contribution in [-0.4, -0.2) is 20.5 Å². The zero-order valence-electron chi connectivity index (χ0n) is 11.8. The maximum absolute atomic E-state index is 10.9. The van der Waals surface area contributed by atoms with E-state index in [9.17, 15) is 4.79 Å². The van der Waals surface area contributed by atoms with Crippen LogP contribution >= 0.6 is 11.6 Å². The van der Waals surface area contributed by atoms with Crippen LogP contribution in [0.4, 0.5) is 0 Å². The van der Waals surface area contributed by atoms with Crippen LogP contribution in [0.2, 0.25) is 5.02 Å². The lowest BCUT2D eigenvalue weighted by Crippen LogP contribution is -2.01. The lowest BCUT2D eigenvalue weighted by atomic mass is 10.2. The number of hydrogen-bond donors (Lipinski definition) is 0. The van der Waals surface area contributed by atoms with Gasteiger partial charge in [-0.15, -0.1) is 0 Å². The monoisotopic (exact) mass is 306 g/mol. The van der Waals surface area contributed by atoms with E-state index in [1.165, 1.54) is 14.2 Å². The first-order valence-corrected chi connectivity index (χ1v) is 6.64. The molecule has 0 spiro atoms. The second-order valence-corrected chi connectivity index (χ2v) is 4.73. The van der Waals surface area contributed by atoms with Gasteiger partial charge in [0.1, 0.15) is 12.9 Å². The van der Waals surface area contributed by atoms with Crippen molar-refractivity contribution in [3.63, 3.8) is 0 Å². The van der Waals surface area contributed by atoms with Crippen molar-refractivity contribution < 1.29 is 19.0 Å². The minimum Gasteiger partial charge on any atom is -0.493 e. The van der Waals surface area contributed by atoms with Gasteiger partial charge in [-0.05, 0) is 29.8 Å².